The first-order valence-electron chi connectivity index (χ1n) is 5.20. The Morgan fingerprint density at radius 3 is 2.94 bits per heavy atom. The van der Waals surface area contributed by atoms with Crippen LogP contribution in [0.15, 0.2) is 6.20 Å². The minimum atomic E-state index is 0.619. The van der Waals surface area contributed by atoms with Crippen LogP contribution in [0.4, 0.5) is 0 Å². The molecule has 17 heavy (non-hydrogen) atoms. The van der Waals surface area contributed by atoms with Gasteiger partial charge in [0, 0.05) is 27.7 Å². The van der Waals surface area contributed by atoms with Crippen LogP contribution in [0.3, 0.4) is 0 Å². The van der Waals surface area contributed by atoms with E-state index in [2.05, 4.69) is 10.4 Å². The average Bonchev–Trinajstić information content (AvgIpc) is 2.61. The number of thiocarbonyl (C=S) groups is 1. The highest BCUT2D eigenvalue weighted by Crippen LogP contribution is 2.15. The van der Waals surface area contributed by atoms with Gasteiger partial charge in [-0.25, -0.2) is 0 Å². The quantitative estimate of drug-likeness (QED) is 0.643. The summed E-state index contributed by atoms with van der Waals surface area (Å²) in [6, 6.07) is 0. The van der Waals surface area contributed by atoms with Gasteiger partial charge in [-0.1, -0.05) is 11.6 Å². The number of aromatic nitrogens is 2. The van der Waals surface area contributed by atoms with Crippen molar-refractivity contribution in [2.75, 3.05) is 27.3 Å². The highest BCUT2D eigenvalue weighted by Gasteiger charge is 2.11. The number of nitrogens with one attached hydrogen (secondary N) is 1. The molecule has 0 radical (unpaired) electrons. The second-order valence-corrected chi connectivity index (χ2v) is 4.44. The summed E-state index contributed by atoms with van der Waals surface area (Å²) in [5.74, 6) is 0. The van der Waals surface area contributed by atoms with E-state index in [1.54, 1.807) is 18.0 Å². The Hall–Kier alpha value is -0.850. The maximum Gasteiger partial charge on any atom is 0.169 e. The fraction of sp³-hybridized carbons (Fsp3) is 0.600. The maximum atomic E-state index is 6.03. The van der Waals surface area contributed by atoms with Crippen molar-refractivity contribution in [3.05, 3.63) is 16.9 Å². The molecule has 0 unspecified atom stereocenters. The number of rotatable bonds is 5. The van der Waals surface area contributed by atoms with Crippen molar-refractivity contribution in [1.82, 2.24) is 20.0 Å². The number of methoxy groups -OCH3 is 1. The topological polar surface area (TPSA) is 42.3 Å². The zero-order chi connectivity index (χ0) is 12.8. The summed E-state index contributed by atoms with van der Waals surface area (Å²) >= 11 is 11.3. The molecule has 96 valence electrons. The Morgan fingerprint density at radius 1 is 1.71 bits per heavy atom. The standard InChI is InChI=1S/C10H17ClN4OS/c1-14(10(17)12-4-5-16-3)7-9-8(11)6-13-15(9)2/h6H,4-5,7H2,1-3H3,(H,12,17). The van der Waals surface area contributed by atoms with E-state index in [1.165, 1.54) is 0 Å². The largest absolute Gasteiger partial charge is 0.383 e. The first kappa shape index (κ1) is 14.2. The van der Waals surface area contributed by atoms with Crippen molar-refractivity contribution in [1.29, 1.82) is 0 Å². The fourth-order valence-corrected chi connectivity index (χ4v) is 1.70. The normalized spacial score (nSPS) is 10.4. The molecule has 0 aromatic carbocycles. The number of hydrogen-bond acceptors (Lipinski definition) is 3. The molecule has 1 aromatic heterocycles. The molecule has 1 rings (SSSR count). The molecule has 0 saturated heterocycles. The maximum absolute atomic E-state index is 6.03. The molecule has 0 aliphatic rings. The van der Waals surface area contributed by atoms with Crippen LogP contribution in [0.1, 0.15) is 5.69 Å². The van der Waals surface area contributed by atoms with Gasteiger partial charge in [-0.2, -0.15) is 5.10 Å². The van der Waals surface area contributed by atoms with E-state index >= 15 is 0 Å². The number of halogens is 1. The lowest BCUT2D eigenvalue weighted by atomic mass is 10.4. The van der Waals surface area contributed by atoms with Gasteiger partial charge in [0.25, 0.3) is 0 Å². The third kappa shape index (κ3) is 4.14. The third-order valence-electron chi connectivity index (χ3n) is 2.33. The zero-order valence-corrected chi connectivity index (χ0v) is 11.8. The van der Waals surface area contributed by atoms with Crippen LogP contribution in [-0.2, 0) is 18.3 Å². The summed E-state index contributed by atoms with van der Waals surface area (Å²) in [6.07, 6.45) is 1.63. The molecule has 0 spiro atoms. The van der Waals surface area contributed by atoms with Gasteiger partial charge in [0.15, 0.2) is 5.11 Å². The lowest BCUT2D eigenvalue weighted by Gasteiger charge is -2.21. The molecule has 0 fully saturated rings. The Balaban J connectivity index is 2.48. The highest BCUT2D eigenvalue weighted by atomic mass is 35.5. The Labute approximate surface area is 112 Å². The molecule has 0 amide bonds. The first-order valence-corrected chi connectivity index (χ1v) is 5.99. The number of ether oxygens (including phenoxy) is 1. The summed E-state index contributed by atoms with van der Waals surface area (Å²) < 4.78 is 6.69. The molecule has 0 aliphatic heterocycles. The zero-order valence-electron chi connectivity index (χ0n) is 10.2. The molecule has 5 nitrogen and oxygen atoms in total. The van der Waals surface area contributed by atoms with E-state index in [1.807, 2.05) is 19.0 Å². The van der Waals surface area contributed by atoms with Gasteiger partial charge in [-0.3, -0.25) is 4.68 Å². The van der Waals surface area contributed by atoms with E-state index < -0.39 is 0 Å². The van der Waals surface area contributed by atoms with Crippen LogP contribution < -0.4 is 5.32 Å². The van der Waals surface area contributed by atoms with Crippen molar-refractivity contribution in [3.8, 4) is 0 Å². The van der Waals surface area contributed by atoms with Crippen molar-refractivity contribution in [2.45, 2.75) is 6.54 Å². The van der Waals surface area contributed by atoms with Crippen LogP contribution in [0.2, 0.25) is 5.02 Å². The molecule has 1 N–H and O–H groups in total. The van der Waals surface area contributed by atoms with Gasteiger partial charge in [0.05, 0.1) is 30.1 Å². The van der Waals surface area contributed by atoms with E-state index in [4.69, 9.17) is 28.6 Å². The van der Waals surface area contributed by atoms with Gasteiger partial charge in [0.2, 0.25) is 0 Å². The van der Waals surface area contributed by atoms with E-state index in [-0.39, 0.29) is 0 Å². The Kier molecular flexibility index (Phi) is 5.67. The van der Waals surface area contributed by atoms with Crippen LogP contribution in [0.25, 0.3) is 0 Å². The Bertz CT molecular complexity index is 363. The minimum Gasteiger partial charge on any atom is -0.383 e. The molecule has 0 bridgehead atoms. The van der Waals surface area contributed by atoms with Crippen LogP contribution in [-0.4, -0.2) is 47.1 Å². The summed E-state index contributed by atoms with van der Waals surface area (Å²) in [7, 11) is 5.42. The smallest absolute Gasteiger partial charge is 0.169 e. The lowest BCUT2D eigenvalue weighted by Crippen LogP contribution is -2.38. The van der Waals surface area contributed by atoms with Gasteiger partial charge in [0.1, 0.15) is 0 Å². The summed E-state index contributed by atoms with van der Waals surface area (Å²) in [5, 5.41) is 8.49. The SMILES string of the molecule is COCCNC(=S)N(C)Cc1c(Cl)cnn1C. The summed E-state index contributed by atoms with van der Waals surface area (Å²) in [4.78, 5) is 1.91. The van der Waals surface area contributed by atoms with Gasteiger partial charge in [-0.05, 0) is 12.2 Å². The van der Waals surface area contributed by atoms with Crippen LogP contribution in [0, 0.1) is 0 Å². The molecule has 1 heterocycles. The van der Waals surface area contributed by atoms with Crippen molar-refractivity contribution < 1.29 is 4.74 Å². The van der Waals surface area contributed by atoms with Crippen LogP contribution >= 0.6 is 23.8 Å². The van der Waals surface area contributed by atoms with Crippen LogP contribution in [0.5, 0.6) is 0 Å². The summed E-state index contributed by atoms with van der Waals surface area (Å²) in [6.45, 7) is 1.94. The molecular formula is C10H17ClN4OS. The number of hydrogen-bond donors (Lipinski definition) is 1. The number of nitrogens with zero attached hydrogens (tertiary/aromatic N) is 3. The Morgan fingerprint density at radius 2 is 2.41 bits per heavy atom. The molecule has 0 saturated carbocycles. The fourth-order valence-electron chi connectivity index (χ4n) is 1.31. The summed E-state index contributed by atoms with van der Waals surface area (Å²) in [5.41, 5.74) is 0.935. The van der Waals surface area contributed by atoms with E-state index in [0.29, 0.717) is 29.8 Å². The highest BCUT2D eigenvalue weighted by molar-refractivity contribution is 7.80. The van der Waals surface area contributed by atoms with Gasteiger partial charge in [-0.15, -0.1) is 0 Å². The monoisotopic (exact) mass is 276 g/mol. The second-order valence-electron chi connectivity index (χ2n) is 3.64. The first-order chi connectivity index (χ1) is 8.06. The molecule has 7 heteroatoms. The molecular weight excluding hydrogens is 260 g/mol. The average molecular weight is 277 g/mol. The lowest BCUT2D eigenvalue weighted by molar-refractivity contribution is 0.203. The van der Waals surface area contributed by atoms with Crippen molar-refractivity contribution in [2.24, 2.45) is 7.05 Å². The minimum absolute atomic E-state index is 0.619. The van der Waals surface area contributed by atoms with E-state index in [0.717, 1.165) is 5.69 Å². The molecule has 1 aromatic rings. The van der Waals surface area contributed by atoms with Crippen molar-refractivity contribution in [3.63, 3.8) is 0 Å². The predicted molar refractivity (Wildman–Crippen MR) is 72.2 cm³/mol. The second kappa shape index (κ2) is 6.78. The van der Waals surface area contributed by atoms with Gasteiger partial charge >= 0.3 is 0 Å². The molecule has 0 atom stereocenters. The predicted octanol–water partition coefficient (Wildman–Crippen LogP) is 1.03. The van der Waals surface area contributed by atoms with E-state index in [9.17, 15) is 0 Å². The number of aryl methyl sites for hydroxylation is 1. The van der Waals surface area contributed by atoms with Crippen molar-refractivity contribution >= 4 is 28.9 Å². The third-order valence-corrected chi connectivity index (χ3v) is 3.10. The van der Waals surface area contributed by atoms with Gasteiger partial charge < -0.3 is 15.0 Å². The molecule has 0 aliphatic carbocycles.